The van der Waals surface area contributed by atoms with Crippen molar-refractivity contribution in [1.29, 1.82) is 0 Å². The summed E-state index contributed by atoms with van der Waals surface area (Å²) in [6, 6.07) is 7.72. The minimum Gasteiger partial charge on any atom is -0.489 e. The van der Waals surface area contributed by atoms with Crippen molar-refractivity contribution in [1.82, 2.24) is 15.2 Å². The number of H-pyrrole nitrogens is 1. The summed E-state index contributed by atoms with van der Waals surface area (Å²) in [4.78, 5) is 16.1. The molecule has 2 N–H and O–H groups in total. The van der Waals surface area contributed by atoms with Crippen molar-refractivity contribution in [3.8, 4) is 5.75 Å². The monoisotopic (exact) mass is 434 g/mol. The number of pyridine rings is 1. The third-order valence-corrected chi connectivity index (χ3v) is 3.38. The Labute approximate surface area is 170 Å². The second kappa shape index (κ2) is 9.95. The molecule has 0 radical (unpaired) electrons. The Morgan fingerprint density at radius 1 is 1.18 bits per heavy atom. The Balaban J connectivity index is 0.00000196. The predicted octanol–water partition coefficient (Wildman–Crippen LogP) is 4.50. The van der Waals surface area contributed by atoms with Gasteiger partial charge in [0.1, 0.15) is 18.1 Å². The molecule has 0 aliphatic rings. The van der Waals surface area contributed by atoms with Crippen LogP contribution in [0.4, 0.5) is 18.9 Å². The summed E-state index contributed by atoms with van der Waals surface area (Å²) in [7, 11) is 0. The average Bonchev–Trinajstić information content (AvgIpc) is 3.13. The van der Waals surface area contributed by atoms with Gasteiger partial charge in [-0.25, -0.2) is 0 Å². The van der Waals surface area contributed by atoms with Gasteiger partial charge < -0.3 is 10.1 Å². The van der Waals surface area contributed by atoms with Crippen molar-refractivity contribution in [2.24, 2.45) is 0 Å². The molecule has 3 rings (SSSR count). The first kappa shape index (κ1) is 23.3. The van der Waals surface area contributed by atoms with Gasteiger partial charge in [0.2, 0.25) is 0 Å². The van der Waals surface area contributed by atoms with E-state index in [1.165, 1.54) is 36.8 Å². The van der Waals surface area contributed by atoms with Gasteiger partial charge in [0.05, 0.1) is 17.4 Å². The van der Waals surface area contributed by atoms with E-state index in [2.05, 4.69) is 20.5 Å². The summed E-state index contributed by atoms with van der Waals surface area (Å²) in [5.74, 6) is -0.353. The van der Waals surface area contributed by atoms with Crippen molar-refractivity contribution in [3.05, 3.63) is 71.8 Å². The fraction of sp³-hybridized carbons (Fsp3) is 0.118. The Morgan fingerprint density at radius 2 is 1.96 bits per heavy atom. The number of rotatable bonds is 5. The summed E-state index contributed by atoms with van der Waals surface area (Å²) in [5.41, 5.74) is 0.443. The van der Waals surface area contributed by atoms with Crippen LogP contribution in [0.5, 0.6) is 5.75 Å². The lowest BCUT2D eigenvalue weighted by molar-refractivity contribution is -0.137. The molecule has 3 aromatic rings. The van der Waals surface area contributed by atoms with Crippen LogP contribution >= 0.6 is 24.8 Å². The van der Waals surface area contributed by atoms with Gasteiger partial charge in [-0.05, 0) is 35.9 Å². The number of amides is 1. The maximum Gasteiger partial charge on any atom is 0.416 e. The summed E-state index contributed by atoms with van der Waals surface area (Å²) < 4.78 is 43.5. The van der Waals surface area contributed by atoms with Crippen molar-refractivity contribution < 1.29 is 22.7 Å². The van der Waals surface area contributed by atoms with Crippen LogP contribution in [-0.4, -0.2) is 21.1 Å². The smallest absolute Gasteiger partial charge is 0.416 e. The zero-order chi connectivity index (χ0) is 18.6. The van der Waals surface area contributed by atoms with Crippen LogP contribution in [0, 0.1) is 0 Å². The molecule has 0 aliphatic carbocycles. The lowest BCUT2D eigenvalue weighted by Gasteiger charge is -2.10. The van der Waals surface area contributed by atoms with E-state index in [0.29, 0.717) is 11.3 Å². The van der Waals surface area contributed by atoms with E-state index in [1.54, 1.807) is 6.07 Å². The normalized spacial score (nSPS) is 10.4. The summed E-state index contributed by atoms with van der Waals surface area (Å²) in [5, 5.41) is 8.88. The number of carbonyl (C=O) groups is 1. The molecule has 0 saturated carbocycles. The van der Waals surface area contributed by atoms with Crippen LogP contribution in [0.3, 0.4) is 0 Å². The molecular weight excluding hydrogens is 420 g/mol. The maximum atomic E-state index is 12.7. The maximum absolute atomic E-state index is 12.7. The molecule has 11 heteroatoms. The van der Waals surface area contributed by atoms with Crippen LogP contribution in [-0.2, 0) is 12.8 Å². The number of ether oxygens (including phenoxy) is 1. The topological polar surface area (TPSA) is 79.9 Å². The number of aromatic amines is 1. The van der Waals surface area contributed by atoms with Crippen molar-refractivity contribution in [3.63, 3.8) is 0 Å². The first-order valence-electron chi connectivity index (χ1n) is 7.47. The minimum atomic E-state index is -4.44. The zero-order valence-corrected chi connectivity index (χ0v) is 15.7. The van der Waals surface area contributed by atoms with Crippen LogP contribution in [0.2, 0.25) is 0 Å². The number of alkyl halides is 3. The number of benzene rings is 1. The largest absolute Gasteiger partial charge is 0.489 e. The number of anilines is 1. The quantitative estimate of drug-likeness (QED) is 0.619. The van der Waals surface area contributed by atoms with Crippen LogP contribution in [0.25, 0.3) is 0 Å². The highest BCUT2D eigenvalue weighted by Crippen LogP contribution is 2.31. The molecule has 0 bridgehead atoms. The summed E-state index contributed by atoms with van der Waals surface area (Å²) >= 11 is 0. The van der Waals surface area contributed by atoms with E-state index >= 15 is 0 Å². The highest BCUT2D eigenvalue weighted by molar-refractivity contribution is 6.02. The molecule has 0 aliphatic heterocycles. The van der Waals surface area contributed by atoms with Gasteiger partial charge >= 0.3 is 6.18 Å². The fourth-order valence-electron chi connectivity index (χ4n) is 2.13. The van der Waals surface area contributed by atoms with Crippen LogP contribution in [0.1, 0.15) is 21.6 Å². The Morgan fingerprint density at radius 3 is 2.64 bits per heavy atom. The van der Waals surface area contributed by atoms with E-state index in [0.717, 1.165) is 12.1 Å². The number of halogens is 5. The van der Waals surface area contributed by atoms with Gasteiger partial charge in [-0.3, -0.25) is 14.9 Å². The molecule has 0 unspecified atom stereocenters. The van der Waals surface area contributed by atoms with E-state index in [-0.39, 0.29) is 42.9 Å². The highest BCUT2D eigenvalue weighted by Gasteiger charge is 2.30. The van der Waals surface area contributed by atoms with E-state index < -0.39 is 17.6 Å². The van der Waals surface area contributed by atoms with Gasteiger partial charge in [-0.2, -0.15) is 18.3 Å². The average molecular weight is 435 g/mol. The number of hydrogen-bond acceptors (Lipinski definition) is 4. The van der Waals surface area contributed by atoms with Gasteiger partial charge in [0, 0.05) is 12.4 Å². The number of carbonyl (C=O) groups excluding carboxylic acids is 1. The van der Waals surface area contributed by atoms with Crippen molar-refractivity contribution >= 4 is 36.4 Å². The molecule has 0 atom stereocenters. The minimum absolute atomic E-state index is 0. The lowest BCUT2D eigenvalue weighted by atomic mass is 10.2. The Hall–Kier alpha value is -2.78. The van der Waals surface area contributed by atoms with Crippen molar-refractivity contribution in [2.75, 3.05) is 5.32 Å². The molecule has 28 heavy (non-hydrogen) atoms. The highest BCUT2D eigenvalue weighted by atomic mass is 35.5. The molecule has 0 spiro atoms. The molecule has 1 amide bonds. The molecule has 0 saturated heterocycles. The summed E-state index contributed by atoms with van der Waals surface area (Å²) in [6.45, 7) is -0.00415. The zero-order valence-electron chi connectivity index (χ0n) is 14.1. The van der Waals surface area contributed by atoms with Gasteiger partial charge in [0.25, 0.3) is 5.91 Å². The molecule has 0 fully saturated rings. The van der Waals surface area contributed by atoms with Crippen LogP contribution < -0.4 is 10.1 Å². The van der Waals surface area contributed by atoms with E-state index in [1.807, 2.05) is 0 Å². The third-order valence-electron chi connectivity index (χ3n) is 3.38. The second-order valence-corrected chi connectivity index (χ2v) is 5.30. The molecular formula is C17H15Cl2F3N4O2. The van der Waals surface area contributed by atoms with Crippen molar-refractivity contribution in [2.45, 2.75) is 12.8 Å². The number of nitrogens with one attached hydrogen (secondary N) is 2. The number of aromatic nitrogens is 3. The van der Waals surface area contributed by atoms with E-state index in [9.17, 15) is 18.0 Å². The Bertz CT molecular complexity index is 905. The predicted molar refractivity (Wildman–Crippen MR) is 101 cm³/mol. The number of hydrogen-bond donors (Lipinski definition) is 2. The first-order chi connectivity index (χ1) is 12.4. The first-order valence-corrected chi connectivity index (χ1v) is 7.47. The standard InChI is InChI=1S/C17H13F3N4O2.2ClH/c18-17(19,20)12-2-1-3-14(7-12)26-10-11-4-5-21-15(6-11)16(25)24-13-8-22-23-9-13;;/h1-9H,10H2,(H,22,23)(H,24,25);2*1H. The molecule has 6 nitrogen and oxygen atoms in total. The van der Waals surface area contributed by atoms with Gasteiger partial charge in [0.15, 0.2) is 0 Å². The van der Waals surface area contributed by atoms with E-state index in [4.69, 9.17) is 4.74 Å². The van der Waals surface area contributed by atoms with Gasteiger partial charge in [-0.1, -0.05) is 6.07 Å². The third kappa shape index (κ3) is 6.14. The molecule has 2 aromatic heterocycles. The van der Waals surface area contributed by atoms with Crippen LogP contribution in [0.15, 0.2) is 55.0 Å². The molecule has 1 aromatic carbocycles. The number of nitrogens with zero attached hydrogens (tertiary/aromatic N) is 2. The fourth-order valence-corrected chi connectivity index (χ4v) is 2.13. The Kier molecular flexibility index (Phi) is 8.27. The lowest BCUT2D eigenvalue weighted by Crippen LogP contribution is -2.13. The van der Waals surface area contributed by atoms with Gasteiger partial charge in [-0.15, -0.1) is 24.8 Å². The summed E-state index contributed by atoms with van der Waals surface area (Å²) in [6.07, 6.45) is -0.0551. The molecule has 150 valence electrons. The molecule has 2 heterocycles. The SMILES string of the molecule is Cl.Cl.O=C(Nc1cn[nH]c1)c1cc(COc2cccc(C(F)(F)F)c2)ccn1. The second-order valence-electron chi connectivity index (χ2n) is 5.30.